The summed E-state index contributed by atoms with van der Waals surface area (Å²) in [5.74, 6) is -1.07. The third-order valence-electron chi connectivity index (χ3n) is 3.47. The van der Waals surface area contributed by atoms with E-state index in [2.05, 4.69) is 5.32 Å². The zero-order valence-corrected chi connectivity index (χ0v) is 16.0. The van der Waals surface area contributed by atoms with Crippen LogP contribution in [0.2, 0.25) is 0 Å². The predicted molar refractivity (Wildman–Crippen MR) is 99.4 cm³/mol. The molecule has 0 aliphatic rings. The van der Waals surface area contributed by atoms with Gasteiger partial charge in [-0.05, 0) is 24.3 Å². The molecule has 27 heavy (non-hydrogen) atoms. The Morgan fingerprint density at radius 3 is 2.44 bits per heavy atom. The van der Waals surface area contributed by atoms with Crippen molar-refractivity contribution >= 4 is 23.6 Å². The van der Waals surface area contributed by atoms with Crippen LogP contribution in [0.5, 0.6) is 0 Å². The predicted octanol–water partition coefficient (Wildman–Crippen LogP) is -0.957. The molecule has 3 N–H and O–H groups in total. The van der Waals surface area contributed by atoms with Crippen molar-refractivity contribution in [2.75, 3.05) is 38.4 Å². The second kappa shape index (κ2) is 13.5. The van der Waals surface area contributed by atoms with E-state index in [0.29, 0.717) is 17.1 Å². The molecule has 0 aromatic heterocycles. The summed E-state index contributed by atoms with van der Waals surface area (Å²) in [6, 6.07) is 7.22. The van der Waals surface area contributed by atoms with Gasteiger partial charge in [0.05, 0.1) is 37.9 Å². The molecule has 0 heterocycles. The number of carbonyl (C=O) groups excluding carboxylic acids is 2. The van der Waals surface area contributed by atoms with Crippen LogP contribution in [0.3, 0.4) is 0 Å². The summed E-state index contributed by atoms with van der Waals surface area (Å²) < 4.78 is 9.93. The number of carbonyl (C=O) groups is 2. The fourth-order valence-electron chi connectivity index (χ4n) is 2.13. The average molecular weight is 400 g/mol. The molecule has 3 unspecified atom stereocenters. The summed E-state index contributed by atoms with van der Waals surface area (Å²) >= 11 is 1.34. The van der Waals surface area contributed by atoms with Crippen molar-refractivity contribution in [1.29, 1.82) is 0 Å². The monoisotopic (exact) mass is 400 g/mol. The molecule has 9 heteroatoms. The standard InChI is InChI=1S/C18H27NO7S/c1-25-9-14(20)10-26-11-15(21)12-27-8-7-16(18(23)24)19-17(22)13-5-3-2-4-6-13/h2-6,14-16,20-21H,7-12H2,1H3,(H,19,22)(H,23,24)/p-1. The Kier molecular flexibility index (Phi) is 11.7. The van der Waals surface area contributed by atoms with Crippen molar-refractivity contribution < 1.29 is 34.4 Å². The molecular weight excluding hydrogens is 374 g/mol. The molecule has 0 fully saturated rings. The van der Waals surface area contributed by atoms with E-state index in [1.807, 2.05) is 0 Å². The molecule has 1 amide bonds. The largest absolute Gasteiger partial charge is 0.548 e. The highest BCUT2D eigenvalue weighted by molar-refractivity contribution is 7.99. The first-order valence-electron chi connectivity index (χ1n) is 8.51. The van der Waals surface area contributed by atoms with Crippen LogP contribution in [0.25, 0.3) is 0 Å². The van der Waals surface area contributed by atoms with Crippen molar-refractivity contribution in [3.63, 3.8) is 0 Å². The van der Waals surface area contributed by atoms with Gasteiger partial charge >= 0.3 is 0 Å². The molecule has 0 aliphatic heterocycles. The zero-order valence-electron chi connectivity index (χ0n) is 15.2. The molecule has 152 valence electrons. The molecule has 0 saturated carbocycles. The van der Waals surface area contributed by atoms with Gasteiger partial charge in [-0.2, -0.15) is 11.8 Å². The molecule has 1 aromatic rings. The minimum Gasteiger partial charge on any atom is -0.548 e. The second-order valence-electron chi connectivity index (χ2n) is 5.88. The van der Waals surface area contributed by atoms with E-state index in [0.717, 1.165) is 0 Å². The molecule has 0 radical (unpaired) electrons. The maximum atomic E-state index is 12.0. The van der Waals surface area contributed by atoms with Gasteiger partial charge in [-0.15, -0.1) is 0 Å². The van der Waals surface area contributed by atoms with Crippen LogP contribution >= 0.6 is 11.8 Å². The quantitative estimate of drug-likeness (QED) is 0.341. The highest BCUT2D eigenvalue weighted by Gasteiger charge is 2.15. The molecule has 1 aromatic carbocycles. The molecular formula is C18H26NO7S-. The number of aliphatic hydroxyl groups excluding tert-OH is 2. The SMILES string of the molecule is COCC(O)COCC(O)CSCCC(NC(=O)c1ccccc1)C(=O)[O-]. The lowest BCUT2D eigenvalue weighted by atomic mass is 10.1. The smallest absolute Gasteiger partial charge is 0.251 e. The molecule has 1 rings (SSSR count). The van der Waals surface area contributed by atoms with E-state index in [1.165, 1.54) is 18.9 Å². The first-order chi connectivity index (χ1) is 12.9. The lowest BCUT2D eigenvalue weighted by molar-refractivity contribution is -0.308. The van der Waals surface area contributed by atoms with Crippen molar-refractivity contribution in [2.45, 2.75) is 24.7 Å². The van der Waals surface area contributed by atoms with Crippen LogP contribution in [-0.4, -0.2) is 78.8 Å². The van der Waals surface area contributed by atoms with Crippen molar-refractivity contribution in [3.05, 3.63) is 35.9 Å². The summed E-state index contributed by atoms with van der Waals surface area (Å²) in [5, 5.41) is 32.9. The summed E-state index contributed by atoms with van der Waals surface area (Å²) in [7, 11) is 1.47. The van der Waals surface area contributed by atoms with Crippen molar-refractivity contribution in [2.24, 2.45) is 0 Å². The lowest BCUT2D eigenvalue weighted by Crippen LogP contribution is -2.48. The van der Waals surface area contributed by atoms with E-state index >= 15 is 0 Å². The normalized spacial score (nSPS) is 14.3. The maximum Gasteiger partial charge on any atom is 0.251 e. The Hall–Kier alpha value is -1.65. The molecule has 0 saturated heterocycles. The van der Waals surface area contributed by atoms with Gasteiger partial charge in [-0.1, -0.05) is 18.2 Å². The average Bonchev–Trinajstić information content (AvgIpc) is 2.64. The van der Waals surface area contributed by atoms with E-state index in [4.69, 9.17) is 9.47 Å². The lowest BCUT2D eigenvalue weighted by Gasteiger charge is -2.20. The number of methoxy groups -OCH3 is 1. The third-order valence-corrected chi connectivity index (χ3v) is 4.61. The summed E-state index contributed by atoms with van der Waals surface area (Å²) in [6.07, 6.45) is -1.32. The Bertz CT molecular complexity index is 558. The molecule has 0 aliphatic carbocycles. The van der Waals surface area contributed by atoms with Gasteiger partial charge in [-0.3, -0.25) is 4.79 Å². The second-order valence-corrected chi connectivity index (χ2v) is 7.02. The van der Waals surface area contributed by atoms with Gasteiger partial charge in [0.25, 0.3) is 5.91 Å². The van der Waals surface area contributed by atoms with Gasteiger partial charge in [0.2, 0.25) is 0 Å². The number of hydrogen-bond donors (Lipinski definition) is 3. The van der Waals surface area contributed by atoms with Crippen molar-refractivity contribution in [3.8, 4) is 0 Å². The van der Waals surface area contributed by atoms with Gasteiger partial charge in [-0.25, -0.2) is 0 Å². The molecule has 8 nitrogen and oxygen atoms in total. The Morgan fingerprint density at radius 1 is 1.15 bits per heavy atom. The van der Waals surface area contributed by atoms with Gasteiger partial charge in [0, 0.05) is 18.4 Å². The maximum absolute atomic E-state index is 12.0. The van der Waals surface area contributed by atoms with Crippen LogP contribution in [0.4, 0.5) is 0 Å². The van der Waals surface area contributed by atoms with E-state index in [1.54, 1.807) is 30.3 Å². The first-order valence-corrected chi connectivity index (χ1v) is 9.66. The van der Waals surface area contributed by atoms with Gasteiger partial charge in [0.15, 0.2) is 0 Å². The molecule has 3 atom stereocenters. The number of benzene rings is 1. The van der Waals surface area contributed by atoms with E-state index in [-0.39, 0.29) is 26.2 Å². The van der Waals surface area contributed by atoms with Crippen LogP contribution in [0.1, 0.15) is 16.8 Å². The number of rotatable bonds is 14. The van der Waals surface area contributed by atoms with E-state index < -0.39 is 30.1 Å². The Labute approximate surface area is 162 Å². The molecule has 0 spiro atoms. The number of hydrogen-bond acceptors (Lipinski definition) is 8. The van der Waals surface area contributed by atoms with Crippen molar-refractivity contribution in [1.82, 2.24) is 5.32 Å². The number of aliphatic hydroxyl groups is 2. The number of carboxylic acids is 1. The Balaban J connectivity index is 2.25. The highest BCUT2D eigenvalue weighted by atomic mass is 32.2. The third kappa shape index (κ3) is 10.3. The number of thioether (sulfide) groups is 1. The number of aliphatic carboxylic acids is 1. The first kappa shape index (κ1) is 23.4. The fourth-order valence-corrected chi connectivity index (χ4v) is 3.07. The Morgan fingerprint density at radius 2 is 1.81 bits per heavy atom. The van der Waals surface area contributed by atoms with Gasteiger partial charge in [0.1, 0.15) is 6.10 Å². The van der Waals surface area contributed by atoms with E-state index in [9.17, 15) is 24.9 Å². The topological polar surface area (TPSA) is 128 Å². The van der Waals surface area contributed by atoms with Crippen LogP contribution in [-0.2, 0) is 14.3 Å². The minimum absolute atomic E-state index is 0.0580. The molecule has 0 bridgehead atoms. The summed E-state index contributed by atoms with van der Waals surface area (Å²) in [6.45, 7) is 0.278. The number of carboxylic acid groups (broad SMARTS) is 1. The van der Waals surface area contributed by atoms with Crippen LogP contribution in [0.15, 0.2) is 30.3 Å². The number of amides is 1. The minimum atomic E-state index is -1.35. The zero-order chi connectivity index (χ0) is 20.1. The van der Waals surface area contributed by atoms with Crippen LogP contribution in [0, 0.1) is 0 Å². The summed E-state index contributed by atoms with van der Waals surface area (Å²) in [4.78, 5) is 23.2. The number of ether oxygens (including phenoxy) is 2. The van der Waals surface area contributed by atoms with Gasteiger partial charge < -0.3 is 34.9 Å². The fraction of sp³-hybridized carbons (Fsp3) is 0.556. The summed E-state index contributed by atoms with van der Waals surface area (Å²) in [5.41, 5.74) is 0.375. The highest BCUT2D eigenvalue weighted by Crippen LogP contribution is 2.09. The number of nitrogens with one attached hydrogen (secondary N) is 1. The van der Waals surface area contributed by atoms with Crippen LogP contribution < -0.4 is 10.4 Å².